The molecule has 26 heavy (non-hydrogen) atoms. The first-order valence-corrected chi connectivity index (χ1v) is 9.57. The molecule has 0 amide bonds. The molecular formula is C20H21N5S. The zero-order valence-electron chi connectivity index (χ0n) is 14.7. The molecule has 4 heterocycles. The van der Waals surface area contributed by atoms with Gasteiger partial charge in [0.05, 0.1) is 18.3 Å². The number of allylic oxidation sites excluding steroid dienone is 2. The fourth-order valence-electron chi connectivity index (χ4n) is 3.32. The lowest BCUT2D eigenvalue weighted by molar-refractivity contribution is 0.560. The van der Waals surface area contributed by atoms with Crippen molar-refractivity contribution in [3.05, 3.63) is 70.9 Å². The first-order chi connectivity index (χ1) is 12.8. The van der Waals surface area contributed by atoms with Crippen LogP contribution in [0.15, 0.2) is 80.9 Å². The second-order valence-corrected chi connectivity index (χ2v) is 7.28. The van der Waals surface area contributed by atoms with E-state index < -0.39 is 0 Å². The van der Waals surface area contributed by atoms with Gasteiger partial charge in [0.15, 0.2) is 0 Å². The molecule has 1 aromatic heterocycles. The van der Waals surface area contributed by atoms with Crippen LogP contribution >= 0.6 is 11.8 Å². The molecule has 1 aromatic rings. The molecule has 1 fully saturated rings. The van der Waals surface area contributed by atoms with Gasteiger partial charge < -0.3 is 10.2 Å². The summed E-state index contributed by atoms with van der Waals surface area (Å²) < 4.78 is 0. The number of rotatable bonds is 6. The van der Waals surface area contributed by atoms with Gasteiger partial charge in [0.2, 0.25) is 0 Å². The summed E-state index contributed by atoms with van der Waals surface area (Å²) in [6.07, 6.45) is 8.66. The van der Waals surface area contributed by atoms with Crippen molar-refractivity contribution >= 4 is 29.1 Å². The predicted octanol–water partition coefficient (Wildman–Crippen LogP) is 3.98. The Bertz CT molecular complexity index is 863. The molecule has 1 atom stereocenters. The van der Waals surface area contributed by atoms with Gasteiger partial charge in [-0.2, -0.15) is 0 Å². The molecule has 0 aromatic carbocycles. The van der Waals surface area contributed by atoms with E-state index in [2.05, 4.69) is 32.8 Å². The number of hydrogen-bond donors (Lipinski definition) is 1. The standard InChI is InChI=1S/C20H21N5S/c1-3-10-26-14(2)20-23-12-16(17-7-9-21-17)18-11-15(13-25(18)20)24-19-6-4-5-8-22-19/h3-10,15H,2,11-13H2,1H3,(H,22,24)/b10-3-. The average molecular weight is 363 g/mol. The van der Waals surface area contributed by atoms with Crippen molar-refractivity contribution in [1.29, 1.82) is 0 Å². The van der Waals surface area contributed by atoms with Gasteiger partial charge in [-0.25, -0.2) is 4.98 Å². The quantitative estimate of drug-likeness (QED) is 0.830. The second kappa shape index (κ2) is 7.33. The number of aliphatic imine (C=N–C) groups is 2. The number of anilines is 1. The van der Waals surface area contributed by atoms with Crippen LogP contribution in [0.4, 0.5) is 5.82 Å². The summed E-state index contributed by atoms with van der Waals surface area (Å²) in [6, 6.07) is 6.21. The number of nitrogens with one attached hydrogen (secondary N) is 1. The van der Waals surface area contributed by atoms with E-state index >= 15 is 0 Å². The Balaban J connectivity index is 1.58. The SMILES string of the molecule is C=C(S/C=C\C)C1=NCC(C2=NC=C2)=C2CC(Nc3ccccn3)CN12. The highest BCUT2D eigenvalue weighted by Crippen LogP contribution is 2.35. The molecule has 0 radical (unpaired) electrons. The van der Waals surface area contributed by atoms with E-state index in [1.54, 1.807) is 11.8 Å². The van der Waals surface area contributed by atoms with Crippen LogP contribution in [-0.4, -0.2) is 40.6 Å². The maximum absolute atomic E-state index is 4.82. The van der Waals surface area contributed by atoms with E-state index in [1.165, 1.54) is 11.3 Å². The minimum atomic E-state index is 0.280. The number of amidine groups is 1. The second-order valence-electron chi connectivity index (χ2n) is 6.28. The van der Waals surface area contributed by atoms with E-state index in [4.69, 9.17) is 4.99 Å². The Kier molecular flexibility index (Phi) is 4.75. The zero-order chi connectivity index (χ0) is 17.9. The van der Waals surface area contributed by atoms with Crippen molar-refractivity contribution in [3.8, 4) is 0 Å². The van der Waals surface area contributed by atoms with Crippen LogP contribution in [0.2, 0.25) is 0 Å². The van der Waals surface area contributed by atoms with Crippen LogP contribution < -0.4 is 5.32 Å². The smallest absolute Gasteiger partial charge is 0.141 e. The lowest BCUT2D eigenvalue weighted by Gasteiger charge is -2.29. The monoisotopic (exact) mass is 363 g/mol. The third-order valence-electron chi connectivity index (χ3n) is 4.53. The van der Waals surface area contributed by atoms with Crippen LogP contribution in [0.3, 0.4) is 0 Å². The molecule has 6 heteroatoms. The number of thioether (sulfide) groups is 1. The maximum atomic E-state index is 4.82. The van der Waals surface area contributed by atoms with Crippen molar-refractivity contribution in [2.75, 3.05) is 18.4 Å². The van der Waals surface area contributed by atoms with Crippen LogP contribution in [0.5, 0.6) is 0 Å². The normalized spacial score (nSPS) is 21.4. The number of pyridine rings is 1. The maximum Gasteiger partial charge on any atom is 0.141 e. The average Bonchev–Trinajstić information content (AvgIpc) is 3.03. The summed E-state index contributed by atoms with van der Waals surface area (Å²) >= 11 is 1.62. The summed E-state index contributed by atoms with van der Waals surface area (Å²) in [7, 11) is 0. The summed E-state index contributed by atoms with van der Waals surface area (Å²) in [5.74, 6) is 1.88. The van der Waals surface area contributed by atoms with Gasteiger partial charge in [0, 0.05) is 41.5 Å². The highest BCUT2D eigenvalue weighted by molar-refractivity contribution is 8.06. The van der Waals surface area contributed by atoms with Crippen molar-refractivity contribution < 1.29 is 0 Å². The molecule has 3 aliphatic heterocycles. The van der Waals surface area contributed by atoms with Crippen LogP contribution in [0, 0.1) is 0 Å². The highest BCUT2D eigenvalue weighted by atomic mass is 32.2. The summed E-state index contributed by atoms with van der Waals surface area (Å²) in [5.41, 5.74) is 3.58. The van der Waals surface area contributed by atoms with Gasteiger partial charge in [-0.3, -0.25) is 9.98 Å². The third-order valence-corrected chi connectivity index (χ3v) is 5.40. The molecule has 132 valence electrons. The molecule has 0 aliphatic carbocycles. The van der Waals surface area contributed by atoms with Crippen molar-refractivity contribution in [1.82, 2.24) is 9.88 Å². The van der Waals surface area contributed by atoms with Gasteiger partial charge >= 0.3 is 0 Å². The molecule has 0 bridgehead atoms. The molecule has 4 rings (SSSR count). The molecule has 1 N–H and O–H groups in total. The number of hydrogen-bond acceptors (Lipinski definition) is 6. The minimum absolute atomic E-state index is 0.280. The first kappa shape index (κ1) is 16.8. The van der Waals surface area contributed by atoms with Crippen LogP contribution in [-0.2, 0) is 0 Å². The van der Waals surface area contributed by atoms with Gasteiger partial charge in [0.25, 0.3) is 0 Å². The van der Waals surface area contributed by atoms with Crippen LogP contribution in [0.1, 0.15) is 13.3 Å². The van der Waals surface area contributed by atoms with Crippen molar-refractivity contribution in [3.63, 3.8) is 0 Å². The number of fused-ring (bicyclic) bond motifs is 1. The van der Waals surface area contributed by atoms with E-state index in [0.717, 1.165) is 35.2 Å². The largest absolute Gasteiger partial charge is 0.365 e. The van der Waals surface area contributed by atoms with Gasteiger partial charge in [-0.15, -0.1) is 0 Å². The fraction of sp³-hybridized carbons (Fsp3) is 0.250. The van der Waals surface area contributed by atoms with Gasteiger partial charge in [-0.05, 0) is 30.5 Å². The molecular weight excluding hydrogens is 342 g/mol. The Labute approximate surface area is 158 Å². The van der Waals surface area contributed by atoms with E-state index in [0.29, 0.717) is 6.54 Å². The van der Waals surface area contributed by atoms with E-state index in [-0.39, 0.29) is 6.04 Å². The van der Waals surface area contributed by atoms with Gasteiger partial charge in [0.1, 0.15) is 11.7 Å². The number of aromatic nitrogens is 1. The Morgan fingerprint density at radius 2 is 2.31 bits per heavy atom. The van der Waals surface area contributed by atoms with Gasteiger partial charge in [-0.1, -0.05) is 30.5 Å². The summed E-state index contributed by atoms with van der Waals surface area (Å²) in [5, 5.41) is 5.59. The zero-order valence-corrected chi connectivity index (χ0v) is 15.5. The Morgan fingerprint density at radius 3 is 3.00 bits per heavy atom. The van der Waals surface area contributed by atoms with E-state index in [9.17, 15) is 0 Å². The highest BCUT2D eigenvalue weighted by Gasteiger charge is 2.36. The lowest BCUT2D eigenvalue weighted by atomic mass is 10.0. The van der Waals surface area contributed by atoms with Crippen molar-refractivity contribution in [2.24, 2.45) is 9.98 Å². The third kappa shape index (κ3) is 3.24. The summed E-state index contributed by atoms with van der Waals surface area (Å²) in [4.78, 5) is 16.9. The lowest BCUT2D eigenvalue weighted by Crippen LogP contribution is -2.35. The Morgan fingerprint density at radius 1 is 1.42 bits per heavy atom. The summed E-state index contributed by atoms with van der Waals surface area (Å²) in [6.45, 7) is 7.75. The predicted molar refractivity (Wildman–Crippen MR) is 110 cm³/mol. The topological polar surface area (TPSA) is 52.9 Å². The number of nitrogens with zero attached hydrogens (tertiary/aromatic N) is 4. The molecule has 0 saturated carbocycles. The molecule has 1 saturated heterocycles. The molecule has 1 unspecified atom stereocenters. The molecule has 3 aliphatic rings. The fourth-order valence-corrected chi connectivity index (χ4v) is 3.90. The first-order valence-electron chi connectivity index (χ1n) is 8.69. The Hall–Kier alpha value is -2.60. The van der Waals surface area contributed by atoms with E-state index in [1.807, 2.05) is 49.0 Å². The van der Waals surface area contributed by atoms with Crippen molar-refractivity contribution in [2.45, 2.75) is 19.4 Å². The molecule has 5 nitrogen and oxygen atoms in total. The van der Waals surface area contributed by atoms with Crippen LogP contribution in [0.25, 0.3) is 0 Å². The molecule has 0 spiro atoms. The minimum Gasteiger partial charge on any atom is -0.365 e.